The van der Waals surface area contributed by atoms with Gasteiger partial charge < -0.3 is 19.1 Å². The summed E-state index contributed by atoms with van der Waals surface area (Å²) in [5.74, 6) is 3.56. The van der Waals surface area contributed by atoms with Crippen LogP contribution in [0.15, 0.2) is 47.4 Å². The summed E-state index contributed by atoms with van der Waals surface area (Å²) in [6.07, 6.45) is 14.0. The molecule has 1 aliphatic carbocycles. The third-order valence-electron chi connectivity index (χ3n) is 11.2. The molecule has 0 amide bonds. The summed E-state index contributed by atoms with van der Waals surface area (Å²) in [5, 5.41) is 6.06. The zero-order valence-electron chi connectivity index (χ0n) is 28.3. The molecule has 3 aromatic carbocycles. The molecule has 3 saturated heterocycles. The maximum absolute atomic E-state index is 16.2. The molecule has 256 valence electrons. The second-order valence-electron chi connectivity index (χ2n) is 14.5. The number of terminal acetylenes is 1. The number of fused-ring (bicyclic) bond motifs is 2. The second kappa shape index (κ2) is 12.3. The van der Waals surface area contributed by atoms with E-state index in [9.17, 15) is 4.79 Å². The van der Waals surface area contributed by atoms with Gasteiger partial charge in [0.15, 0.2) is 12.0 Å². The average Bonchev–Trinajstić information content (AvgIpc) is 3.90. The molecule has 2 aromatic heterocycles. The third-order valence-corrected chi connectivity index (χ3v) is 11.2. The Hall–Kier alpha value is -4.72. The van der Waals surface area contributed by atoms with Crippen LogP contribution in [0.1, 0.15) is 79.3 Å². The number of nitrogens with one attached hydrogen (secondary N) is 1. The van der Waals surface area contributed by atoms with Crippen LogP contribution in [0, 0.1) is 30.5 Å². The molecule has 1 saturated carbocycles. The number of benzene rings is 3. The minimum absolute atomic E-state index is 0.184. The quantitative estimate of drug-likeness (QED) is 0.184. The number of nitrogens with zero attached hydrogens (tertiary/aromatic N) is 4. The minimum atomic E-state index is -0.329. The summed E-state index contributed by atoms with van der Waals surface area (Å²) in [6, 6.07) is 11.2. The van der Waals surface area contributed by atoms with Crippen molar-refractivity contribution >= 4 is 27.8 Å². The first kappa shape index (κ1) is 31.3. The van der Waals surface area contributed by atoms with E-state index in [1.54, 1.807) is 6.07 Å². The molecule has 5 heterocycles. The van der Waals surface area contributed by atoms with E-state index in [4.69, 9.17) is 30.7 Å². The molecular weight excluding hydrogens is 633 g/mol. The van der Waals surface area contributed by atoms with Crippen molar-refractivity contribution in [2.24, 2.45) is 5.41 Å². The number of H-pyrrole nitrogens is 1. The van der Waals surface area contributed by atoms with E-state index in [0.717, 1.165) is 104 Å². The molecule has 3 aliphatic heterocycles. The fourth-order valence-corrected chi connectivity index (χ4v) is 8.13. The number of hydrogen-bond acceptors (Lipinski definition) is 7. The van der Waals surface area contributed by atoms with E-state index in [1.165, 1.54) is 0 Å². The molecule has 1 unspecified atom stereocenters. The molecule has 9 nitrogen and oxygen atoms in total. The zero-order valence-corrected chi connectivity index (χ0v) is 28.3. The number of ether oxygens (including phenoxy) is 3. The Labute approximate surface area is 289 Å². The topological polar surface area (TPSA) is 94.5 Å². The number of aromatic nitrogens is 4. The average molecular weight is 674 g/mol. The van der Waals surface area contributed by atoms with E-state index in [2.05, 4.69) is 15.8 Å². The van der Waals surface area contributed by atoms with Crippen molar-refractivity contribution in [1.29, 1.82) is 0 Å². The lowest BCUT2D eigenvalue weighted by atomic mass is 9.73. The van der Waals surface area contributed by atoms with Crippen LogP contribution in [0.3, 0.4) is 0 Å². The van der Waals surface area contributed by atoms with Crippen molar-refractivity contribution < 1.29 is 18.6 Å². The maximum atomic E-state index is 16.2. The Morgan fingerprint density at radius 1 is 1.06 bits per heavy atom. The lowest BCUT2D eigenvalue weighted by molar-refractivity contribution is -0.0366. The van der Waals surface area contributed by atoms with Gasteiger partial charge in [0.25, 0.3) is 5.56 Å². The van der Waals surface area contributed by atoms with Gasteiger partial charge in [-0.1, -0.05) is 18.1 Å². The Morgan fingerprint density at radius 3 is 2.58 bits per heavy atom. The number of halogens is 1. The first-order valence-electron chi connectivity index (χ1n) is 17.8. The molecular formula is C40H40FN5O4. The molecule has 1 N–H and O–H groups in total. The smallest absolute Gasteiger partial charge is 0.260 e. The van der Waals surface area contributed by atoms with Crippen LogP contribution < -0.4 is 15.2 Å². The van der Waals surface area contributed by atoms with Crippen LogP contribution >= 0.6 is 0 Å². The van der Waals surface area contributed by atoms with Crippen molar-refractivity contribution in [1.82, 2.24) is 19.7 Å². The molecule has 0 radical (unpaired) electrons. The van der Waals surface area contributed by atoms with Gasteiger partial charge in [0.1, 0.15) is 17.9 Å². The van der Waals surface area contributed by atoms with Gasteiger partial charge in [0.2, 0.25) is 5.95 Å². The van der Waals surface area contributed by atoms with Crippen molar-refractivity contribution in [3.8, 4) is 29.2 Å². The third kappa shape index (κ3) is 5.35. The monoisotopic (exact) mass is 673 g/mol. The highest BCUT2D eigenvalue weighted by molar-refractivity contribution is 6.04. The molecule has 9 rings (SSSR count). The highest BCUT2D eigenvalue weighted by Gasteiger charge is 2.45. The lowest BCUT2D eigenvalue weighted by Gasteiger charge is -2.52. The number of rotatable bonds is 7. The van der Waals surface area contributed by atoms with E-state index in [0.29, 0.717) is 40.3 Å². The first-order valence-corrected chi connectivity index (χ1v) is 17.8. The van der Waals surface area contributed by atoms with E-state index < -0.39 is 0 Å². The number of anilines is 1. The van der Waals surface area contributed by atoms with Gasteiger partial charge in [-0.15, -0.1) is 6.42 Å². The normalized spacial score (nSPS) is 20.3. The van der Waals surface area contributed by atoms with Gasteiger partial charge >= 0.3 is 0 Å². The molecule has 1 atom stereocenters. The van der Waals surface area contributed by atoms with Crippen LogP contribution in [0.2, 0.25) is 0 Å². The van der Waals surface area contributed by atoms with Gasteiger partial charge in [-0.05, 0) is 92.7 Å². The largest absolute Gasteiger partial charge is 0.486 e. The predicted octanol–water partition coefficient (Wildman–Crippen LogP) is 7.14. The molecule has 10 heteroatoms. The van der Waals surface area contributed by atoms with Crippen molar-refractivity contribution in [2.45, 2.75) is 70.6 Å². The highest BCUT2D eigenvalue weighted by Crippen LogP contribution is 2.52. The summed E-state index contributed by atoms with van der Waals surface area (Å²) in [7, 11) is 0. The second-order valence-corrected chi connectivity index (χ2v) is 14.5. The van der Waals surface area contributed by atoms with E-state index in [1.807, 2.05) is 48.1 Å². The van der Waals surface area contributed by atoms with Gasteiger partial charge in [-0.3, -0.25) is 9.78 Å². The maximum Gasteiger partial charge on any atom is 0.260 e. The molecule has 5 aromatic rings. The van der Waals surface area contributed by atoms with Crippen molar-refractivity contribution in [3.05, 3.63) is 81.0 Å². The summed E-state index contributed by atoms with van der Waals surface area (Å²) < 4.78 is 36.5. The first-order chi connectivity index (χ1) is 24.4. The van der Waals surface area contributed by atoms with Crippen LogP contribution in [-0.4, -0.2) is 52.7 Å². The van der Waals surface area contributed by atoms with Gasteiger partial charge in [-0.25, -0.2) is 14.1 Å². The minimum Gasteiger partial charge on any atom is -0.486 e. The number of aromatic amines is 1. The van der Waals surface area contributed by atoms with Gasteiger partial charge in [0, 0.05) is 66.5 Å². The Bertz CT molecular complexity index is 2210. The molecule has 4 aliphatic rings. The van der Waals surface area contributed by atoms with Gasteiger partial charge in [0.05, 0.1) is 17.1 Å². The van der Waals surface area contributed by atoms with Crippen LogP contribution in [0.4, 0.5) is 10.3 Å². The van der Waals surface area contributed by atoms with Crippen molar-refractivity contribution in [3.63, 3.8) is 0 Å². The highest BCUT2D eigenvalue weighted by atomic mass is 19.1. The molecule has 4 fully saturated rings. The predicted molar refractivity (Wildman–Crippen MR) is 190 cm³/mol. The van der Waals surface area contributed by atoms with Crippen LogP contribution in [0.25, 0.3) is 32.9 Å². The molecule has 0 bridgehead atoms. The number of hydrogen-bond donors (Lipinski definition) is 1. The van der Waals surface area contributed by atoms with Crippen LogP contribution in [-0.2, 0) is 16.1 Å². The zero-order chi connectivity index (χ0) is 34.0. The van der Waals surface area contributed by atoms with Crippen LogP contribution in [0.5, 0.6) is 5.75 Å². The van der Waals surface area contributed by atoms with E-state index in [-0.39, 0.29) is 35.5 Å². The molecule has 50 heavy (non-hydrogen) atoms. The van der Waals surface area contributed by atoms with Crippen molar-refractivity contribution in [2.75, 3.05) is 37.8 Å². The SMILES string of the molecule is C#Cc1ccc(COc2c(-c3c(C)c(F)cc4c3cnn4C3CCCCO3)c(C3CC3)cc3c(=O)[nH]c(N4CC5(CCOCC5)C4)nc23)cc1. The fourth-order valence-electron chi connectivity index (χ4n) is 8.13. The van der Waals surface area contributed by atoms with Gasteiger partial charge in [-0.2, -0.15) is 5.10 Å². The summed E-state index contributed by atoms with van der Waals surface area (Å²) in [5.41, 5.74) is 5.78. The standard InChI is InChI=1S/C40H40FN5O4/c1-3-25-7-9-26(10-8-25)21-50-37-35(34-24(2)31(41)19-32-30(34)20-42-46(32)33-6-4-5-15-49-33)28(27-11-12-27)18-29-36(37)43-39(44-38(29)47)45-22-40(23-45)13-16-48-17-14-40/h1,7-10,18-20,27,33H,4-6,11-17,21-23H2,2H3,(H,43,44,47). The summed E-state index contributed by atoms with van der Waals surface area (Å²) in [6.45, 7) is 5.81. The Kier molecular flexibility index (Phi) is 7.66. The molecule has 1 spiro atoms. The summed E-state index contributed by atoms with van der Waals surface area (Å²) in [4.78, 5) is 24.3. The lowest BCUT2D eigenvalue weighted by Crippen LogP contribution is -2.59. The van der Waals surface area contributed by atoms with E-state index >= 15 is 4.39 Å². The Morgan fingerprint density at radius 2 is 1.86 bits per heavy atom. The fraction of sp³-hybridized carbons (Fsp3) is 0.425. The summed E-state index contributed by atoms with van der Waals surface area (Å²) >= 11 is 0. The Balaban J connectivity index is 1.25.